The van der Waals surface area contributed by atoms with Crippen molar-refractivity contribution in [3.05, 3.63) is 22.8 Å². The first-order valence-corrected chi connectivity index (χ1v) is 6.67. The zero-order valence-corrected chi connectivity index (χ0v) is 11.9. The molecule has 1 aliphatic rings. The second-order valence-electron chi connectivity index (χ2n) is 5.05. The molecule has 1 saturated heterocycles. The molecule has 0 aliphatic carbocycles. The first kappa shape index (κ1) is 14.1. The normalized spacial score (nSPS) is 19.2. The lowest BCUT2D eigenvalue weighted by Gasteiger charge is -2.28. The number of anilines is 1. The van der Waals surface area contributed by atoms with Gasteiger partial charge in [0.2, 0.25) is 0 Å². The van der Waals surface area contributed by atoms with Crippen LogP contribution in [0, 0.1) is 0 Å². The molecule has 1 aromatic heterocycles. The summed E-state index contributed by atoms with van der Waals surface area (Å²) in [5.41, 5.74) is 0.113. The van der Waals surface area contributed by atoms with E-state index in [9.17, 15) is 4.79 Å². The molecule has 2 rings (SSSR count). The third-order valence-corrected chi connectivity index (χ3v) is 3.70. The summed E-state index contributed by atoms with van der Waals surface area (Å²) in [6.45, 7) is 1.78. The number of halogens is 1. The molecule has 0 radical (unpaired) electrons. The van der Waals surface area contributed by atoms with Crippen molar-refractivity contribution < 1.29 is 9.90 Å². The van der Waals surface area contributed by atoms with Crippen LogP contribution in [0.5, 0.6) is 0 Å². The number of aromatic nitrogens is 1. The van der Waals surface area contributed by atoms with Crippen molar-refractivity contribution in [1.29, 1.82) is 0 Å². The summed E-state index contributed by atoms with van der Waals surface area (Å²) in [6.07, 6.45) is 3.66. The third kappa shape index (κ3) is 2.98. The Hall–Kier alpha value is -1.33. The molecule has 1 unspecified atom stereocenters. The van der Waals surface area contributed by atoms with Crippen LogP contribution in [0.3, 0.4) is 0 Å². The number of pyridine rings is 1. The molecular weight excluding hydrogens is 266 g/mol. The van der Waals surface area contributed by atoms with E-state index in [0.717, 1.165) is 25.9 Å². The van der Waals surface area contributed by atoms with Gasteiger partial charge in [0.15, 0.2) is 0 Å². The minimum atomic E-state index is -1.02. The van der Waals surface area contributed by atoms with Gasteiger partial charge in [-0.3, -0.25) is 0 Å². The van der Waals surface area contributed by atoms with Crippen molar-refractivity contribution in [2.45, 2.75) is 18.9 Å². The van der Waals surface area contributed by atoms with Crippen LogP contribution in [0.25, 0.3) is 0 Å². The number of likely N-dealkylation sites (N-methyl/N-ethyl adjacent to an activating group) is 1. The van der Waals surface area contributed by atoms with E-state index in [2.05, 4.69) is 14.8 Å². The quantitative estimate of drug-likeness (QED) is 0.915. The largest absolute Gasteiger partial charge is 0.478 e. The summed E-state index contributed by atoms with van der Waals surface area (Å²) in [7, 11) is 4.05. The minimum Gasteiger partial charge on any atom is -0.478 e. The molecule has 0 aromatic carbocycles. The summed E-state index contributed by atoms with van der Waals surface area (Å²) in [5.74, 6) is -0.428. The molecule has 1 aliphatic heterocycles. The maximum atomic E-state index is 11.1. The molecule has 1 fully saturated rings. The van der Waals surface area contributed by atoms with Crippen LogP contribution in [0.15, 0.2) is 12.3 Å². The Morgan fingerprint density at radius 2 is 2.37 bits per heavy atom. The molecular formula is C13H18ClN3O2. The van der Waals surface area contributed by atoms with Crippen molar-refractivity contribution in [2.75, 3.05) is 32.1 Å². The number of carboxylic acid groups (broad SMARTS) is 1. The smallest absolute Gasteiger partial charge is 0.337 e. The molecule has 0 bridgehead atoms. The van der Waals surface area contributed by atoms with Crippen molar-refractivity contribution in [1.82, 2.24) is 9.88 Å². The van der Waals surface area contributed by atoms with Crippen LogP contribution in [-0.2, 0) is 0 Å². The molecule has 104 valence electrons. The van der Waals surface area contributed by atoms with E-state index in [0.29, 0.717) is 11.9 Å². The predicted octanol–water partition coefficient (Wildman–Crippen LogP) is 1.96. The summed E-state index contributed by atoms with van der Waals surface area (Å²) < 4.78 is 0. The van der Waals surface area contributed by atoms with Gasteiger partial charge in [-0.2, -0.15) is 0 Å². The fraction of sp³-hybridized carbons (Fsp3) is 0.538. The second kappa shape index (κ2) is 5.75. The van der Waals surface area contributed by atoms with E-state index < -0.39 is 5.97 Å². The molecule has 1 N–H and O–H groups in total. The molecule has 0 amide bonds. The van der Waals surface area contributed by atoms with Gasteiger partial charge in [0.1, 0.15) is 5.82 Å². The molecule has 0 saturated carbocycles. The number of carbonyl (C=O) groups is 1. The van der Waals surface area contributed by atoms with Crippen LogP contribution < -0.4 is 4.90 Å². The van der Waals surface area contributed by atoms with Gasteiger partial charge in [-0.25, -0.2) is 9.78 Å². The van der Waals surface area contributed by atoms with Crippen molar-refractivity contribution in [3.8, 4) is 0 Å². The standard InChI is InChI=1S/C13H18ClN3O2/c1-16(2)8-9-4-3-7-17(9)12-11(14)10(13(18)19)5-6-15-12/h5-6,9H,3-4,7-8H2,1-2H3,(H,18,19). The van der Waals surface area contributed by atoms with Gasteiger partial charge >= 0.3 is 5.97 Å². The van der Waals surface area contributed by atoms with E-state index in [-0.39, 0.29) is 10.6 Å². The van der Waals surface area contributed by atoms with Crippen LogP contribution >= 0.6 is 11.6 Å². The van der Waals surface area contributed by atoms with Crippen LogP contribution in [0.4, 0.5) is 5.82 Å². The Morgan fingerprint density at radius 3 is 3.00 bits per heavy atom. The third-order valence-electron chi connectivity index (χ3n) is 3.33. The van der Waals surface area contributed by atoms with Gasteiger partial charge in [0.05, 0.1) is 10.6 Å². The van der Waals surface area contributed by atoms with Gasteiger partial charge in [-0.15, -0.1) is 0 Å². The van der Waals surface area contributed by atoms with Gasteiger partial charge in [0, 0.05) is 25.3 Å². The first-order chi connectivity index (χ1) is 9.00. The Balaban J connectivity index is 2.30. The van der Waals surface area contributed by atoms with Crippen LogP contribution in [-0.4, -0.2) is 54.2 Å². The fourth-order valence-electron chi connectivity index (χ4n) is 2.52. The number of hydrogen-bond acceptors (Lipinski definition) is 4. The van der Waals surface area contributed by atoms with E-state index in [4.69, 9.17) is 16.7 Å². The number of rotatable bonds is 4. The maximum absolute atomic E-state index is 11.1. The maximum Gasteiger partial charge on any atom is 0.337 e. The van der Waals surface area contributed by atoms with Gasteiger partial charge in [-0.05, 0) is 33.0 Å². The average Bonchev–Trinajstić information content (AvgIpc) is 2.76. The van der Waals surface area contributed by atoms with Gasteiger partial charge in [-0.1, -0.05) is 11.6 Å². The summed E-state index contributed by atoms with van der Waals surface area (Å²) in [5, 5.41) is 9.34. The minimum absolute atomic E-state index is 0.113. The lowest BCUT2D eigenvalue weighted by atomic mass is 10.2. The highest BCUT2D eigenvalue weighted by atomic mass is 35.5. The molecule has 2 heterocycles. The molecule has 19 heavy (non-hydrogen) atoms. The Bertz CT molecular complexity index is 479. The highest BCUT2D eigenvalue weighted by molar-refractivity contribution is 6.35. The van der Waals surface area contributed by atoms with Crippen LogP contribution in [0.2, 0.25) is 5.02 Å². The lowest BCUT2D eigenvalue weighted by Crippen LogP contribution is -2.38. The molecule has 5 nitrogen and oxygen atoms in total. The molecule has 1 aromatic rings. The highest BCUT2D eigenvalue weighted by Gasteiger charge is 2.28. The Labute approximate surface area is 117 Å². The first-order valence-electron chi connectivity index (χ1n) is 6.30. The van der Waals surface area contributed by atoms with E-state index in [1.54, 1.807) is 0 Å². The average molecular weight is 284 g/mol. The van der Waals surface area contributed by atoms with E-state index >= 15 is 0 Å². The SMILES string of the molecule is CN(C)CC1CCCN1c1nccc(C(=O)O)c1Cl. The number of hydrogen-bond donors (Lipinski definition) is 1. The Morgan fingerprint density at radius 1 is 1.63 bits per heavy atom. The topological polar surface area (TPSA) is 56.7 Å². The monoisotopic (exact) mass is 283 g/mol. The van der Waals surface area contributed by atoms with Crippen molar-refractivity contribution in [2.24, 2.45) is 0 Å². The summed E-state index contributed by atoms with van der Waals surface area (Å²) >= 11 is 6.19. The van der Waals surface area contributed by atoms with Crippen molar-refractivity contribution in [3.63, 3.8) is 0 Å². The lowest BCUT2D eigenvalue weighted by molar-refractivity contribution is 0.0697. The highest BCUT2D eigenvalue weighted by Crippen LogP contribution is 2.32. The summed E-state index contributed by atoms with van der Waals surface area (Å²) in [4.78, 5) is 19.6. The van der Waals surface area contributed by atoms with E-state index in [1.807, 2.05) is 14.1 Å². The predicted molar refractivity (Wildman–Crippen MR) is 75.1 cm³/mol. The zero-order valence-electron chi connectivity index (χ0n) is 11.1. The number of carboxylic acids is 1. The molecule has 6 heteroatoms. The number of aromatic carboxylic acids is 1. The van der Waals surface area contributed by atoms with Gasteiger partial charge < -0.3 is 14.9 Å². The molecule has 0 spiro atoms. The van der Waals surface area contributed by atoms with Crippen molar-refractivity contribution >= 4 is 23.4 Å². The second-order valence-corrected chi connectivity index (χ2v) is 5.43. The van der Waals surface area contributed by atoms with E-state index in [1.165, 1.54) is 12.3 Å². The fourth-order valence-corrected chi connectivity index (χ4v) is 2.83. The summed E-state index contributed by atoms with van der Waals surface area (Å²) in [6, 6.07) is 1.77. The van der Waals surface area contributed by atoms with Crippen LogP contribution in [0.1, 0.15) is 23.2 Å². The Kier molecular flexibility index (Phi) is 4.27. The number of nitrogens with zero attached hydrogens (tertiary/aromatic N) is 3. The zero-order chi connectivity index (χ0) is 14.0. The molecule has 1 atom stereocenters. The van der Waals surface area contributed by atoms with Gasteiger partial charge in [0.25, 0.3) is 0 Å².